The summed E-state index contributed by atoms with van der Waals surface area (Å²) in [5.41, 5.74) is -1.51. The Balaban J connectivity index is 3.25. The lowest BCUT2D eigenvalue weighted by molar-refractivity contribution is -0.384. The number of rotatable bonds is 5. The largest absolute Gasteiger partial charge is 0.334 e. The smallest absolute Gasteiger partial charge is 0.271 e. The van der Waals surface area contributed by atoms with Gasteiger partial charge in [-0.2, -0.15) is 5.26 Å². The van der Waals surface area contributed by atoms with E-state index in [9.17, 15) is 20.2 Å². The highest BCUT2D eigenvalue weighted by Crippen LogP contribution is 2.31. The van der Waals surface area contributed by atoms with Gasteiger partial charge in [0.2, 0.25) is 0 Å². The van der Waals surface area contributed by atoms with E-state index < -0.39 is 16.4 Å². The van der Waals surface area contributed by atoms with Gasteiger partial charge in [0, 0.05) is 12.1 Å². The predicted octanol–water partition coefficient (Wildman–Crippen LogP) is 3.71. The minimum Gasteiger partial charge on any atom is -0.334 e. The quantitative estimate of drug-likeness (QED) is 0.657. The van der Waals surface area contributed by atoms with Gasteiger partial charge >= 0.3 is 0 Å². The number of halogens is 2. The number of non-ortho nitro benzene ring substituents is 1. The molecule has 0 fully saturated rings. The number of amides is 1. The number of carbonyl (C=O) groups excluding carboxylic acids is 1. The topological polar surface area (TPSA) is 96.0 Å². The van der Waals surface area contributed by atoms with Crippen LogP contribution in [0.15, 0.2) is 12.1 Å². The summed E-state index contributed by atoms with van der Waals surface area (Å²) in [5, 5.41) is 22.4. The highest BCUT2D eigenvalue weighted by atomic mass is 35.5. The number of benzene rings is 1. The molecule has 0 bridgehead atoms. The third-order valence-corrected chi connectivity index (χ3v) is 4.04. The first-order chi connectivity index (χ1) is 9.80. The average Bonchev–Trinajstić information content (AvgIpc) is 2.47. The number of nitrogens with zero attached hydrogens (tertiary/aromatic N) is 2. The number of nitro benzene ring substituents is 1. The van der Waals surface area contributed by atoms with Crippen LogP contribution in [0.1, 0.15) is 37.0 Å². The molecular weight excluding hydrogens is 317 g/mol. The fourth-order valence-electron chi connectivity index (χ4n) is 1.74. The van der Waals surface area contributed by atoms with Crippen molar-refractivity contribution >= 4 is 34.8 Å². The minimum absolute atomic E-state index is 0.0844. The predicted molar refractivity (Wildman–Crippen MR) is 79.5 cm³/mol. The molecule has 0 atom stereocenters. The van der Waals surface area contributed by atoms with E-state index in [2.05, 4.69) is 5.32 Å². The number of carbonyl (C=O) groups is 1. The summed E-state index contributed by atoms with van der Waals surface area (Å²) < 4.78 is 0. The first kappa shape index (κ1) is 17.2. The molecule has 1 aromatic rings. The molecule has 1 aromatic carbocycles. The highest BCUT2D eigenvalue weighted by Gasteiger charge is 2.30. The van der Waals surface area contributed by atoms with Gasteiger partial charge in [-0.1, -0.05) is 37.0 Å². The van der Waals surface area contributed by atoms with Gasteiger partial charge in [-0.3, -0.25) is 14.9 Å². The van der Waals surface area contributed by atoms with Gasteiger partial charge in [0.05, 0.1) is 26.6 Å². The third-order valence-electron chi connectivity index (χ3n) is 3.24. The van der Waals surface area contributed by atoms with Crippen molar-refractivity contribution in [1.82, 2.24) is 5.32 Å². The fourth-order valence-corrected chi connectivity index (χ4v) is 2.15. The summed E-state index contributed by atoms with van der Waals surface area (Å²) in [6.45, 7) is 3.52. The second kappa shape index (κ2) is 6.74. The molecule has 0 saturated carbocycles. The van der Waals surface area contributed by atoms with Crippen molar-refractivity contribution < 1.29 is 9.72 Å². The second-order valence-electron chi connectivity index (χ2n) is 4.40. The molecule has 0 unspecified atom stereocenters. The molecular formula is C13H13Cl2N3O3. The molecule has 0 aromatic heterocycles. The van der Waals surface area contributed by atoms with Gasteiger partial charge in [-0.25, -0.2) is 0 Å². The lowest BCUT2D eigenvalue weighted by Gasteiger charge is -2.25. The van der Waals surface area contributed by atoms with Gasteiger partial charge < -0.3 is 5.32 Å². The molecule has 112 valence electrons. The van der Waals surface area contributed by atoms with Crippen molar-refractivity contribution in [3.05, 3.63) is 37.9 Å². The van der Waals surface area contributed by atoms with Crippen LogP contribution in [0, 0.1) is 21.4 Å². The Kier molecular flexibility index (Phi) is 5.53. The van der Waals surface area contributed by atoms with Crippen LogP contribution >= 0.6 is 23.2 Å². The van der Waals surface area contributed by atoms with Crippen LogP contribution in [0.4, 0.5) is 5.69 Å². The van der Waals surface area contributed by atoms with Crippen LogP contribution in [-0.2, 0) is 0 Å². The van der Waals surface area contributed by atoms with E-state index in [-0.39, 0.29) is 21.3 Å². The van der Waals surface area contributed by atoms with Crippen LogP contribution in [0.2, 0.25) is 10.0 Å². The van der Waals surface area contributed by atoms with Crippen molar-refractivity contribution in [2.75, 3.05) is 0 Å². The summed E-state index contributed by atoms with van der Waals surface area (Å²) in [6, 6.07) is 4.15. The molecule has 0 spiro atoms. The van der Waals surface area contributed by atoms with Crippen molar-refractivity contribution in [3.63, 3.8) is 0 Å². The molecule has 1 amide bonds. The van der Waals surface area contributed by atoms with Crippen LogP contribution in [0.3, 0.4) is 0 Å². The minimum atomic E-state index is -1.04. The van der Waals surface area contributed by atoms with E-state index in [1.54, 1.807) is 13.8 Å². The van der Waals surface area contributed by atoms with Gasteiger partial charge in [0.25, 0.3) is 11.6 Å². The van der Waals surface area contributed by atoms with Crippen molar-refractivity contribution in [2.45, 2.75) is 32.2 Å². The van der Waals surface area contributed by atoms with Crippen LogP contribution < -0.4 is 5.32 Å². The molecule has 1 rings (SSSR count). The fraction of sp³-hybridized carbons (Fsp3) is 0.385. The average molecular weight is 330 g/mol. The van der Waals surface area contributed by atoms with Crippen LogP contribution in [0.5, 0.6) is 0 Å². The normalized spacial score (nSPS) is 10.8. The highest BCUT2D eigenvalue weighted by molar-refractivity contribution is 6.44. The number of nitriles is 1. The van der Waals surface area contributed by atoms with Crippen LogP contribution in [0.25, 0.3) is 0 Å². The number of hydrogen-bond donors (Lipinski definition) is 1. The molecule has 1 N–H and O–H groups in total. The monoisotopic (exact) mass is 329 g/mol. The standard InChI is InChI=1S/C13H13Cl2N3O3/c1-3-13(4-2,7-16)17-12(19)9-5-8(18(20)21)6-10(14)11(9)15/h5-6H,3-4H2,1-2H3,(H,17,19). The van der Waals surface area contributed by atoms with E-state index in [0.29, 0.717) is 12.8 Å². The molecule has 0 heterocycles. The second-order valence-corrected chi connectivity index (χ2v) is 5.19. The maximum absolute atomic E-state index is 12.3. The molecule has 21 heavy (non-hydrogen) atoms. The van der Waals surface area contributed by atoms with E-state index in [1.165, 1.54) is 0 Å². The summed E-state index contributed by atoms with van der Waals surface area (Å²) >= 11 is 11.7. The van der Waals surface area contributed by atoms with Gasteiger partial charge in [0.1, 0.15) is 5.54 Å². The van der Waals surface area contributed by atoms with Crippen molar-refractivity contribution in [1.29, 1.82) is 5.26 Å². The number of hydrogen-bond acceptors (Lipinski definition) is 4. The number of nitro groups is 1. The van der Waals surface area contributed by atoms with Gasteiger partial charge in [0.15, 0.2) is 0 Å². The summed E-state index contributed by atoms with van der Waals surface area (Å²) in [4.78, 5) is 22.4. The molecule has 0 aliphatic heterocycles. The Labute approximate surface area is 131 Å². The van der Waals surface area contributed by atoms with Crippen molar-refractivity contribution in [2.24, 2.45) is 0 Å². The van der Waals surface area contributed by atoms with E-state index in [4.69, 9.17) is 23.2 Å². The lowest BCUT2D eigenvalue weighted by atomic mass is 9.94. The zero-order valence-corrected chi connectivity index (χ0v) is 13.0. The zero-order chi connectivity index (χ0) is 16.2. The molecule has 8 heteroatoms. The molecule has 0 radical (unpaired) electrons. The third kappa shape index (κ3) is 3.63. The molecule has 0 aliphatic carbocycles. The molecule has 0 saturated heterocycles. The Morgan fingerprint density at radius 1 is 1.43 bits per heavy atom. The maximum Gasteiger partial charge on any atom is 0.271 e. The molecule has 0 aliphatic rings. The lowest BCUT2D eigenvalue weighted by Crippen LogP contribution is -2.46. The Bertz CT molecular complexity index is 622. The Morgan fingerprint density at radius 2 is 2.00 bits per heavy atom. The van der Waals surface area contributed by atoms with E-state index in [1.807, 2.05) is 6.07 Å². The van der Waals surface area contributed by atoms with Crippen LogP contribution in [-0.4, -0.2) is 16.4 Å². The Morgan fingerprint density at radius 3 is 2.43 bits per heavy atom. The van der Waals surface area contributed by atoms with Gasteiger partial charge in [-0.05, 0) is 12.8 Å². The maximum atomic E-state index is 12.3. The van der Waals surface area contributed by atoms with Crippen molar-refractivity contribution in [3.8, 4) is 6.07 Å². The number of nitrogens with one attached hydrogen (secondary N) is 1. The van der Waals surface area contributed by atoms with E-state index >= 15 is 0 Å². The molecule has 6 nitrogen and oxygen atoms in total. The van der Waals surface area contributed by atoms with E-state index in [0.717, 1.165) is 12.1 Å². The summed E-state index contributed by atoms with van der Waals surface area (Å²) in [5.74, 6) is -0.671. The summed E-state index contributed by atoms with van der Waals surface area (Å²) in [6.07, 6.45) is 0.790. The van der Waals surface area contributed by atoms with Gasteiger partial charge in [-0.15, -0.1) is 0 Å². The zero-order valence-electron chi connectivity index (χ0n) is 11.4. The Hall–Kier alpha value is -1.84. The first-order valence-corrected chi connectivity index (χ1v) is 6.93. The summed E-state index contributed by atoms with van der Waals surface area (Å²) in [7, 11) is 0. The SMILES string of the molecule is CCC(C#N)(CC)NC(=O)c1cc([N+](=O)[O-])cc(Cl)c1Cl. The first-order valence-electron chi connectivity index (χ1n) is 6.17.